The molecule has 0 bridgehead atoms. The van der Waals surface area contributed by atoms with Crippen LogP contribution in [0.15, 0.2) is 12.4 Å². The molecule has 4 nitrogen and oxygen atoms in total. The van der Waals surface area contributed by atoms with Gasteiger partial charge in [-0.1, -0.05) is 6.92 Å². The third-order valence-corrected chi connectivity index (χ3v) is 2.07. The number of nitrogens with zero attached hydrogens (tertiary/aromatic N) is 2. The lowest BCUT2D eigenvalue weighted by atomic mass is 10.5. The SMILES string of the molecule is CCCNCCNc1nccn1CC. The summed E-state index contributed by atoms with van der Waals surface area (Å²) in [6, 6.07) is 0. The molecular weight excluding hydrogens is 176 g/mol. The van der Waals surface area contributed by atoms with Crippen LogP contribution in [0.2, 0.25) is 0 Å². The number of anilines is 1. The number of imidazole rings is 1. The summed E-state index contributed by atoms with van der Waals surface area (Å²) in [5, 5.41) is 6.63. The van der Waals surface area contributed by atoms with Crippen molar-refractivity contribution in [3.05, 3.63) is 12.4 Å². The Morgan fingerprint density at radius 2 is 2.14 bits per heavy atom. The van der Waals surface area contributed by atoms with Gasteiger partial charge in [0.15, 0.2) is 0 Å². The van der Waals surface area contributed by atoms with Gasteiger partial charge < -0.3 is 15.2 Å². The molecule has 0 saturated carbocycles. The van der Waals surface area contributed by atoms with Crippen LogP contribution in [0.25, 0.3) is 0 Å². The molecule has 0 amide bonds. The molecule has 0 radical (unpaired) electrons. The van der Waals surface area contributed by atoms with Gasteiger partial charge >= 0.3 is 0 Å². The highest BCUT2D eigenvalue weighted by Crippen LogP contribution is 2.02. The average molecular weight is 196 g/mol. The second-order valence-corrected chi connectivity index (χ2v) is 3.21. The zero-order valence-electron chi connectivity index (χ0n) is 9.08. The number of nitrogens with one attached hydrogen (secondary N) is 2. The predicted octanol–water partition coefficient (Wildman–Crippen LogP) is 1.31. The Balaban J connectivity index is 2.17. The van der Waals surface area contributed by atoms with E-state index in [0.717, 1.165) is 32.1 Å². The van der Waals surface area contributed by atoms with Crippen LogP contribution in [0.1, 0.15) is 20.3 Å². The molecule has 1 aromatic rings. The maximum absolute atomic E-state index is 4.23. The van der Waals surface area contributed by atoms with Gasteiger partial charge in [0.05, 0.1) is 0 Å². The van der Waals surface area contributed by atoms with Gasteiger partial charge in [-0.2, -0.15) is 0 Å². The highest BCUT2D eigenvalue weighted by atomic mass is 15.2. The average Bonchev–Trinajstić information content (AvgIpc) is 2.65. The van der Waals surface area contributed by atoms with Gasteiger partial charge in [0, 0.05) is 32.0 Å². The van der Waals surface area contributed by atoms with E-state index in [1.165, 1.54) is 6.42 Å². The van der Waals surface area contributed by atoms with Gasteiger partial charge in [-0.05, 0) is 19.9 Å². The van der Waals surface area contributed by atoms with E-state index in [0.29, 0.717) is 0 Å². The summed E-state index contributed by atoms with van der Waals surface area (Å²) >= 11 is 0. The standard InChI is InChI=1S/C10H20N4/c1-3-5-11-6-7-12-10-13-8-9-14(10)4-2/h8-9,11H,3-7H2,1-2H3,(H,12,13). The highest BCUT2D eigenvalue weighted by Gasteiger charge is 1.97. The molecular formula is C10H20N4. The Morgan fingerprint density at radius 3 is 2.86 bits per heavy atom. The zero-order chi connectivity index (χ0) is 10.2. The number of hydrogen-bond acceptors (Lipinski definition) is 3. The first kappa shape index (κ1) is 11.0. The van der Waals surface area contributed by atoms with E-state index in [-0.39, 0.29) is 0 Å². The molecule has 1 aromatic heterocycles. The summed E-state index contributed by atoms with van der Waals surface area (Å²) in [7, 11) is 0. The molecule has 14 heavy (non-hydrogen) atoms. The first-order valence-electron chi connectivity index (χ1n) is 5.34. The van der Waals surface area contributed by atoms with E-state index in [1.807, 2.05) is 12.4 Å². The van der Waals surface area contributed by atoms with E-state index in [2.05, 4.69) is 34.0 Å². The van der Waals surface area contributed by atoms with Gasteiger partial charge in [-0.3, -0.25) is 0 Å². The smallest absolute Gasteiger partial charge is 0.202 e. The van der Waals surface area contributed by atoms with Crippen LogP contribution in [0.3, 0.4) is 0 Å². The molecule has 0 saturated heterocycles. The van der Waals surface area contributed by atoms with Gasteiger partial charge in [0.1, 0.15) is 0 Å². The number of hydrogen-bond donors (Lipinski definition) is 2. The molecule has 4 heteroatoms. The van der Waals surface area contributed by atoms with E-state index >= 15 is 0 Å². The maximum Gasteiger partial charge on any atom is 0.202 e. The lowest BCUT2D eigenvalue weighted by Crippen LogP contribution is -2.23. The summed E-state index contributed by atoms with van der Waals surface area (Å²) in [4.78, 5) is 4.23. The maximum atomic E-state index is 4.23. The summed E-state index contributed by atoms with van der Waals surface area (Å²) in [6.07, 6.45) is 5.00. The number of aryl methyl sites for hydroxylation is 1. The molecule has 0 unspecified atom stereocenters. The van der Waals surface area contributed by atoms with Crippen LogP contribution >= 0.6 is 0 Å². The Kier molecular flexibility index (Phi) is 5.07. The molecule has 0 aliphatic heterocycles. The molecule has 0 aliphatic rings. The fourth-order valence-electron chi connectivity index (χ4n) is 1.30. The Bertz CT molecular complexity index is 244. The molecule has 80 valence electrons. The Morgan fingerprint density at radius 1 is 1.29 bits per heavy atom. The Hall–Kier alpha value is -1.03. The summed E-state index contributed by atoms with van der Waals surface area (Å²) < 4.78 is 2.10. The third kappa shape index (κ3) is 3.38. The largest absolute Gasteiger partial charge is 0.354 e. The fraction of sp³-hybridized carbons (Fsp3) is 0.700. The zero-order valence-corrected chi connectivity index (χ0v) is 9.08. The van der Waals surface area contributed by atoms with Crippen molar-refractivity contribution < 1.29 is 0 Å². The van der Waals surface area contributed by atoms with Gasteiger partial charge in [0.2, 0.25) is 5.95 Å². The molecule has 2 N–H and O–H groups in total. The van der Waals surface area contributed by atoms with Gasteiger partial charge in [0.25, 0.3) is 0 Å². The lowest BCUT2D eigenvalue weighted by molar-refractivity contribution is 0.681. The second-order valence-electron chi connectivity index (χ2n) is 3.21. The monoisotopic (exact) mass is 196 g/mol. The van der Waals surface area contributed by atoms with E-state index < -0.39 is 0 Å². The van der Waals surface area contributed by atoms with Crippen molar-refractivity contribution in [3.8, 4) is 0 Å². The number of aromatic nitrogens is 2. The van der Waals surface area contributed by atoms with Crippen molar-refractivity contribution in [2.24, 2.45) is 0 Å². The molecule has 0 aliphatic carbocycles. The molecule has 0 spiro atoms. The minimum absolute atomic E-state index is 0.928. The predicted molar refractivity (Wildman–Crippen MR) is 59.6 cm³/mol. The van der Waals surface area contributed by atoms with E-state index in [9.17, 15) is 0 Å². The van der Waals surface area contributed by atoms with Crippen molar-refractivity contribution in [3.63, 3.8) is 0 Å². The van der Waals surface area contributed by atoms with Crippen LogP contribution in [0, 0.1) is 0 Å². The quantitative estimate of drug-likeness (QED) is 0.646. The highest BCUT2D eigenvalue weighted by molar-refractivity contribution is 5.25. The minimum Gasteiger partial charge on any atom is -0.354 e. The van der Waals surface area contributed by atoms with Gasteiger partial charge in [-0.25, -0.2) is 4.98 Å². The normalized spacial score (nSPS) is 10.4. The topological polar surface area (TPSA) is 41.9 Å². The van der Waals surface area contributed by atoms with Crippen LogP contribution in [-0.2, 0) is 6.54 Å². The first-order chi connectivity index (χ1) is 6.88. The summed E-state index contributed by atoms with van der Waals surface area (Å²) in [5.41, 5.74) is 0. The van der Waals surface area contributed by atoms with E-state index in [4.69, 9.17) is 0 Å². The van der Waals surface area contributed by atoms with E-state index in [1.54, 1.807) is 0 Å². The van der Waals surface area contributed by atoms with Crippen molar-refractivity contribution in [2.45, 2.75) is 26.8 Å². The third-order valence-electron chi connectivity index (χ3n) is 2.07. The molecule has 0 aromatic carbocycles. The lowest BCUT2D eigenvalue weighted by Gasteiger charge is -2.07. The van der Waals surface area contributed by atoms with Crippen LogP contribution < -0.4 is 10.6 Å². The van der Waals surface area contributed by atoms with Crippen LogP contribution in [-0.4, -0.2) is 29.2 Å². The van der Waals surface area contributed by atoms with Crippen LogP contribution in [0.5, 0.6) is 0 Å². The Labute approximate surface area is 85.7 Å². The van der Waals surface area contributed by atoms with Crippen LogP contribution in [0.4, 0.5) is 5.95 Å². The summed E-state index contributed by atoms with van der Waals surface area (Å²) in [5.74, 6) is 0.964. The fourth-order valence-corrected chi connectivity index (χ4v) is 1.30. The molecule has 1 rings (SSSR count). The van der Waals surface area contributed by atoms with Gasteiger partial charge in [-0.15, -0.1) is 0 Å². The van der Waals surface area contributed by atoms with Crippen molar-refractivity contribution in [2.75, 3.05) is 25.0 Å². The summed E-state index contributed by atoms with van der Waals surface area (Å²) in [6.45, 7) is 8.25. The number of rotatable bonds is 7. The minimum atomic E-state index is 0.928. The first-order valence-corrected chi connectivity index (χ1v) is 5.34. The molecule has 0 fully saturated rings. The molecule has 1 heterocycles. The molecule has 0 atom stereocenters. The second kappa shape index (κ2) is 6.43. The van der Waals surface area contributed by atoms with Crippen molar-refractivity contribution >= 4 is 5.95 Å². The van der Waals surface area contributed by atoms with Crippen molar-refractivity contribution in [1.29, 1.82) is 0 Å². The van der Waals surface area contributed by atoms with Crippen molar-refractivity contribution in [1.82, 2.24) is 14.9 Å².